The average Bonchev–Trinajstić information content (AvgIpc) is 1.81. The number of halogens is 2. The van der Waals surface area contributed by atoms with Gasteiger partial charge in [0.05, 0.1) is 6.67 Å². The first-order valence-electron chi connectivity index (χ1n) is 2.61. The van der Waals surface area contributed by atoms with E-state index in [9.17, 15) is 4.39 Å². The van der Waals surface area contributed by atoms with Crippen molar-refractivity contribution in [2.45, 2.75) is 6.42 Å². The Morgan fingerprint density at radius 3 is 2.62 bits per heavy atom. The molecule has 3 heteroatoms. The third-order valence-electron chi connectivity index (χ3n) is 0.644. The van der Waals surface area contributed by atoms with Crippen molar-refractivity contribution in [3.63, 3.8) is 0 Å². The summed E-state index contributed by atoms with van der Waals surface area (Å²) in [6.45, 7) is -0.215. The molecule has 8 heavy (non-hydrogen) atoms. The van der Waals surface area contributed by atoms with E-state index in [1.807, 2.05) is 0 Å². The van der Waals surface area contributed by atoms with Crippen LogP contribution >= 0.6 is 23.4 Å². The molecule has 0 amide bonds. The molecule has 0 spiro atoms. The highest BCUT2D eigenvalue weighted by atomic mass is 35.5. The first-order valence-corrected chi connectivity index (χ1v) is 4.30. The summed E-state index contributed by atoms with van der Waals surface area (Å²) in [4.78, 5) is 0. The summed E-state index contributed by atoms with van der Waals surface area (Å²) in [6.07, 6.45) is 0.992. The van der Waals surface area contributed by atoms with E-state index in [2.05, 4.69) is 0 Å². The Bertz CT molecular complexity index is 37.4. The largest absolute Gasteiger partial charge is 0.250 e. The zero-order valence-corrected chi connectivity index (χ0v) is 6.27. The topological polar surface area (TPSA) is 0 Å². The zero-order chi connectivity index (χ0) is 6.24. The monoisotopic (exact) mass is 156 g/mol. The summed E-state index contributed by atoms with van der Waals surface area (Å²) in [5.74, 6) is 2.31. The smallest absolute Gasteiger partial charge is 0.0984 e. The molecule has 0 aromatic rings. The molecule has 0 nitrogen and oxygen atoms in total. The summed E-state index contributed by atoms with van der Waals surface area (Å²) in [5, 5.41) is 0. The van der Waals surface area contributed by atoms with E-state index in [0.29, 0.717) is 11.6 Å². The summed E-state index contributed by atoms with van der Waals surface area (Å²) >= 11 is 6.99. The molecule has 0 aliphatic heterocycles. The van der Waals surface area contributed by atoms with E-state index in [4.69, 9.17) is 11.6 Å². The van der Waals surface area contributed by atoms with Crippen molar-refractivity contribution in [3.8, 4) is 0 Å². The molecule has 0 aromatic carbocycles. The van der Waals surface area contributed by atoms with E-state index < -0.39 is 0 Å². The van der Waals surface area contributed by atoms with Gasteiger partial charge in [0.15, 0.2) is 0 Å². The molecule has 0 aromatic heterocycles. The van der Waals surface area contributed by atoms with E-state index in [-0.39, 0.29) is 6.67 Å². The lowest BCUT2D eigenvalue weighted by molar-refractivity contribution is 0.533. The Hall–Kier alpha value is 0.570. The van der Waals surface area contributed by atoms with Gasteiger partial charge in [-0.2, -0.15) is 11.8 Å². The second-order valence-corrected chi connectivity index (χ2v) is 2.95. The summed E-state index contributed by atoms with van der Waals surface area (Å²) in [5.41, 5.74) is 0. The van der Waals surface area contributed by atoms with Crippen molar-refractivity contribution < 1.29 is 4.39 Å². The van der Waals surface area contributed by atoms with Gasteiger partial charge in [-0.05, 0) is 12.2 Å². The summed E-state index contributed by atoms with van der Waals surface area (Å²) in [6, 6.07) is 0. The van der Waals surface area contributed by atoms with Gasteiger partial charge in [0.1, 0.15) is 0 Å². The Morgan fingerprint density at radius 1 is 1.38 bits per heavy atom. The lowest BCUT2D eigenvalue weighted by atomic mass is 10.6. The minimum Gasteiger partial charge on any atom is -0.250 e. The first-order chi connectivity index (χ1) is 3.91. The lowest BCUT2D eigenvalue weighted by Crippen LogP contribution is -1.84. The van der Waals surface area contributed by atoms with Crippen molar-refractivity contribution >= 4 is 23.4 Å². The number of thioether (sulfide) groups is 1. The molecule has 0 N–H and O–H groups in total. The highest BCUT2D eigenvalue weighted by Crippen LogP contribution is 2.01. The van der Waals surface area contributed by atoms with Crippen molar-refractivity contribution in [2.24, 2.45) is 0 Å². The molecule has 0 radical (unpaired) electrons. The standard InChI is InChI=1S/C5H10ClFS/c6-2-1-4-8-5-3-7/h1-5H2. The van der Waals surface area contributed by atoms with Crippen LogP contribution in [-0.4, -0.2) is 24.1 Å². The van der Waals surface area contributed by atoms with E-state index in [1.165, 1.54) is 0 Å². The Kier molecular flexibility index (Phi) is 8.11. The Morgan fingerprint density at radius 2 is 2.12 bits per heavy atom. The predicted octanol–water partition coefficient (Wildman–Crippen LogP) is 2.32. The second kappa shape index (κ2) is 7.57. The second-order valence-electron chi connectivity index (χ2n) is 1.34. The molecule has 0 saturated heterocycles. The van der Waals surface area contributed by atoms with Gasteiger partial charge in [-0.1, -0.05) is 0 Å². The van der Waals surface area contributed by atoms with Crippen molar-refractivity contribution in [2.75, 3.05) is 24.1 Å². The average molecular weight is 157 g/mol. The highest BCUT2D eigenvalue weighted by molar-refractivity contribution is 7.99. The molecule has 0 fully saturated rings. The van der Waals surface area contributed by atoms with Gasteiger partial charge in [0, 0.05) is 11.6 Å². The Labute approximate surface area is 58.8 Å². The minimum absolute atomic E-state index is 0.215. The molecule has 0 unspecified atom stereocenters. The van der Waals surface area contributed by atoms with Crippen LogP contribution < -0.4 is 0 Å². The quantitative estimate of drug-likeness (QED) is 0.435. The third kappa shape index (κ3) is 6.57. The number of rotatable bonds is 5. The molecule has 0 atom stereocenters. The predicted molar refractivity (Wildman–Crippen MR) is 38.6 cm³/mol. The maximum atomic E-state index is 11.4. The first kappa shape index (κ1) is 8.57. The normalized spacial score (nSPS) is 9.75. The molecular weight excluding hydrogens is 147 g/mol. The Balaban J connectivity index is 2.53. The number of alkyl halides is 2. The van der Waals surface area contributed by atoms with Crippen molar-refractivity contribution in [3.05, 3.63) is 0 Å². The van der Waals surface area contributed by atoms with Gasteiger partial charge >= 0.3 is 0 Å². The van der Waals surface area contributed by atoms with Crippen LogP contribution in [0.5, 0.6) is 0 Å². The fourth-order valence-electron chi connectivity index (χ4n) is 0.313. The minimum atomic E-state index is -0.215. The molecule has 0 heterocycles. The van der Waals surface area contributed by atoms with Crippen LogP contribution in [0.15, 0.2) is 0 Å². The fraction of sp³-hybridized carbons (Fsp3) is 1.00. The van der Waals surface area contributed by atoms with Crippen LogP contribution in [0.25, 0.3) is 0 Å². The maximum Gasteiger partial charge on any atom is 0.0984 e. The SMILES string of the molecule is FCCSCCCCl. The zero-order valence-electron chi connectivity index (χ0n) is 4.70. The van der Waals surface area contributed by atoms with Crippen LogP contribution in [0.1, 0.15) is 6.42 Å². The van der Waals surface area contributed by atoms with Crippen LogP contribution in [0, 0.1) is 0 Å². The van der Waals surface area contributed by atoms with Gasteiger partial charge in [-0.3, -0.25) is 4.39 Å². The molecule has 50 valence electrons. The van der Waals surface area contributed by atoms with Crippen LogP contribution in [0.4, 0.5) is 4.39 Å². The molecule has 0 aliphatic rings. The van der Waals surface area contributed by atoms with Crippen LogP contribution in [0.3, 0.4) is 0 Å². The van der Waals surface area contributed by atoms with Gasteiger partial charge in [-0.25, -0.2) is 0 Å². The molecule has 0 bridgehead atoms. The molecular formula is C5H10ClFS. The van der Waals surface area contributed by atoms with Gasteiger partial charge in [0.25, 0.3) is 0 Å². The summed E-state index contributed by atoms with van der Waals surface area (Å²) < 4.78 is 11.4. The fourth-order valence-corrected chi connectivity index (χ4v) is 1.27. The number of hydrogen-bond donors (Lipinski definition) is 0. The third-order valence-corrected chi connectivity index (χ3v) is 1.93. The van der Waals surface area contributed by atoms with Crippen molar-refractivity contribution in [1.82, 2.24) is 0 Å². The van der Waals surface area contributed by atoms with Crippen LogP contribution in [-0.2, 0) is 0 Å². The molecule has 0 saturated carbocycles. The van der Waals surface area contributed by atoms with Gasteiger partial charge < -0.3 is 0 Å². The summed E-state index contributed by atoms with van der Waals surface area (Å²) in [7, 11) is 0. The lowest BCUT2D eigenvalue weighted by Gasteiger charge is -1.92. The van der Waals surface area contributed by atoms with Gasteiger partial charge in [0.2, 0.25) is 0 Å². The maximum absolute atomic E-state index is 11.4. The van der Waals surface area contributed by atoms with E-state index in [0.717, 1.165) is 12.2 Å². The van der Waals surface area contributed by atoms with Crippen molar-refractivity contribution in [1.29, 1.82) is 0 Å². The molecule has 0 aliphatic carbocycles. The van der Waals surface area contributed by atoms with E-state index >= 15 is 0 Å². The molecule has 0 rings (SSSR count). The van der Waals surface area contributed by atoms with E-state index in [1.54, 1.807) is 11.8 Å². The highest BCUT2D eigenvalue weighted by Gasteiger charge is 1.85. The van der Waals surface area contributed by atoms with Gasteiger partial charge in [-0.15, -0.1) is 11.6 Å². The number of hydrogen-bond acceptors (Lipinski definition) is 1. The van der Waals surface area contributed by atoms with Crippen LogP contribution in [0.2, 0.25) is 0 Å².